The number of nitrogens with zero attached hydrogens (tertiary/aromatic N) is 3. The van der Waals surface area contributed by atoms with Crippen molar-refractivity contribution >= 4 is 15.7 Å². The maximum absolute atomic E-state index is 14.3. The second-order valence-electron chi connectivity index (χ2n) is 6.29. The van der Waals surface area contributed by atoms with Gasteiger partial charge in [-0.05, 0) is 37.1 Å². The van der Waals surface area contributed by atoms with Crippen LogP contribution in [0.25, 0.3) is 16.8 Å². The van der Waals surface area contributed by atoms with Crippen molar-refractivity contribution in [2.24, 2.45) is 0 Å². The van der Waals surface area contributed by atoms with E-state index in [1.807, 2.05) is 6.92 Å². The SMILES string of the molecule is CCCn1cc(-n2cc(-c3ccc(NS(=O)(=O)CC)c(F)c3)cn2)ccc1=O. The summed E-state index contributed by atoms with van der Waals surface area (Å²) in [5.41, 5.74) is 1.77. The molecule has 1 N–H and O–H groups in total. The summed E-state index contributed by atoms with van der Waals surface area (Å²) in [5, 5.41) is 4.29. The monoisotopic (exact) mass is 404 g/mol. The lowest BCUT2D eigenvalue weighted by Gasteiger charge is -2.08. The van der Waals surface area contributed by atoms with Gasteiger partial charge in [-0.25, -0.2) is 17.5 Å². The first-order valence-corrected chi connectivity index (χ1v) is 10.5. The van der Waals surface area contributed by atoms with Gasteiger partial charge >= 0.3 is 0 Å². The molecule has 2 aromatic heterocycles. The highest BCUT2D eigenvalue weighted by Crippen LogP contribution is 2.25. The number of aromatic nitrogens is 3. The molecule has 0 aliphatic rings. The van der Waals surface area contributed by atoms with Crippen molar-refractivity contribution in [2.45, 2.75) is 26.8 Å². The highest BCUT2D eigenvalue weighted by molar-refractivity contribution is 7.92. The Morgan fingerprint density at radius 1 is 1.11 bits per heavy atom. The fourth-order valence-electron chi connectivity index (χ4n) is 2.70. The summed E-state index contributed by atoms with van der Waals surface area (Å²) in [6.07, 6.45) is 5.87. The van der Waals surface area contributed by atoms with E-state index in [9.17, 15) is 17.6 Å². The zero-order chi connectivity index (χ0) is 20.3. The van der Waals surface area contributed by atoms with Crippen molar-refractivity contribution in [3.05, 3.63) is 65.1 Å². The molecular weight excluding hydrogens is 383 g/mol. The second kappa shape index (κ2) is 7.97. The highest BCUT2D eigenvalue weighted by Gasteiger charge is 2.13. The van der Waals surface area contributed by atoms with Crippen molar-refractivity contribution in [3.8, 4) is 16.8 Å². The Morgan fingerprint density at radius 2 is 1.89 bits per heavy atom. The number of pyridine rings is 1. The maximum Gasteiger partial charge on any atom is 0.250 e. The molecule has 0 unspecified atom stereocenters. The van der Waals surface area contributed by atoms with Crippen LogP contribution >= 0.6 is 0 Å². The van der Waals surface area contributed by atoms with Gasteiger partial charge in [-0.2, -0.15) is 5.10 Å². The first-order chi connectivity index (χ1) is 13.3. The molecule has 0 aliphatic carbocycles. The van der Waals surface area contributed by atoms with Crippen LogP contribution in [0.4, 0.5) is 10.1 Å². The summed E-state index contributed by atoms with van der Waals surface area (Å²) in [7, 11) is -3.55. The van der Waals surface area contributed by atoms with Gasteiger partial charge < -0.3 is 4.57 Å². The van der Waals surface area contributed by atoms with E-state index in [4.69, 9.17) is 0 Å². The van der Waals surface area contributed by atoms with E-state index in [-0.39, 0.29) is 17.0 Å². The number of hydrogen-bond acceptors (Lipinski definition) is 4. The second-order valence-corrected chi connectivity index (χ2v) is 8.30. The molecular formula is C19H21FN4O3S. The average Bonchev–Trinajstić information content (AvgIpc) is 3.15. The summed E-state index contributed by atoms with van der Waals surface area (Å²) < 4.78 is 43.0. The fourth-order valence-corrected chi connectivity index (χ4v) is 3.35. The van der Waals surface area contributed by atoms with Gasteiger partial charge in [0.15, 0.2) is 0 Å². The predicted octanol–water partition coefficient (Wildman–Crippen LogP) is 3.01. The van der Waals surface area contributed by atoms with Crippen molar-refractivity contribution < 1.29 is 12.8 Å². The number of rotatable bonds is 7. The largest absolute Gasteiger partial charge is 0.313 e. The van der Waals surface area contributed by atoms with E-state index in [1.54, 1.807) is 40.0 Å². The third-order valence-corrected chi connectivity index (χ3v) is 5.52. The maximum atomic E-state index is 14.3. The molecule has 0 spiro atoms. The number of benzene rings is 1. The normalized spacial score (nSPS) is 11.5. The van der Waals surface area contributed by atoms with Gasteiger partial charge in [0.2, 0.25) is 10.0 Å². The number of hydrogen-bond donors (Lipinski definition) is 1. The third-order valence-electron chi connectivity index (χ3n) is 4.23. The molecule has 0 bridgehead atoms. The van der Waals surface area contributed by atoms with Gasteiger partial charge in [-0.15, -0.1) is 0 Å². The minimum atomic E-state index is -3.55. The lowest BCUT2D eigenvalue weighted by molar-refractivity contribution is 0.599. The van der Waals surface area contributed by atoms with Crippen LogP contribution in [0.15, 0.2) is 53.7 Å². The molecule has 1 aromatic carbocycles. The van der Waals surface area contributed by atoms with Crippen LogP contribution < -0.4 is 10.3 Å². The van der Waals surface area contributed by atoms with E-state index in [0.29, 0.717) is 23.4 Å². The zero-order valence-electron chi connectivity index (χ0n) is 15.6. The number of aryl methyl sites for hydroxylation is 1. The van der Waals surface area contributed by atoms with Crippen LogP contribution in [0.2, 0.25) is 0 Å². The van der Waals surface area contributed by atoms with E-state index >= 15 is 0 Å². The van der Waals surface area contributed by atoms with Crippen LogP contribution in [-0.4, -0.2) is 28.5 Å². The Balaban J connectivity index is 1.89. The molecule has 0 atom stereocenters. The van der Waals surface area contributed by atoms with Crippen LogP contribution in [-0.2, 0) is 16.6 Å². The van der Waals surface area contributed by atoms with Gasteiger partial charge in [0, 0.05) is 30.6 Å². The lowest BCUT2D eigenvalue weighted by Crippen LogP contribution is -2.19. The average molecular weight is 404 g/mol. The molecule has 148 valence electrons. The molecule has 9 heteroatoms. The molecule has 0 saturated carbocycles. The Bertz CT molecular complexity index is 1150. The number of sulfonamides is 1. The first-order valence-electron chi connectivity index (χ1n) is 8.89. The summed E-state index contributed by atoms with van der Waals surface area (Å²) in [6.45, 7) is 4.08. The van der Waals surface area contributed by atoms with Crippen molar-refractivity contribution in [1.29, 1.82) is 0 Å². The van der Waals surface area contributed by atoms with Gasteiger partial charge in [-0.1, -0.05) is 13.0 Å². The summed E-state index contributed by atoms with van der Waals surface area (Å²) in [5.74, 6) is -0.806. The molecule has 0 aliphatic heterocycles. The Morgan fingerprint density at radius 3 is 2.57 bits per heavy atom. The van der Waals surface area contributed by atoms with Crippen molar-refractivity contribution in [2.75, 3.05) is 10.5 Å². The third kappa shape index (κ3) is 4.30. The summed E-state index contributed by atoms with van der Waals surface area (Å²) in [4.78, 5) is 11.9. The van der Waals surface area contributed by atoms with Crippen molar-refractivity contribution in [1.82, 2.24) is 14.3 Å². The van der Waals surface area contributed by atoms with Crippen LogP contribution in [0.3, 0.4) is 0 Å². The molecule has 0 fully saturated rings. The van der Waals surface area contributed by atoms with Gasteiger partial charge in [-0.3, -0.25) is 9.52 Å². The zero-order valence-corrected chi connectivity index (χ0v) is 16.4. The van der Waals surface area contributed by atoms with Crippen LogP contribution in [0.5, 0.6) is 0 Å². The Kier molecular flexibility index (Phi) is 5.64. The Hall–Kier alpha value is -2.94. The van der Waals surface area contributed by atoms with Crippen LogP contribution in [0.1, 0.15) is 20.3 Å². The lowest BCUT2D eigenvalue weighted by atomic mass is 10.1. The molecule has 3 rings (SSSR count). The van der Waals surface area contributed by atoms with E-state index < -0.39 is 15.8 Å². The number of anilines is 1. The minimum absolute atomic E-state index is 0.0785. The van der Waals surface area contributed by atoms with Crippen LogP contribution in [0, 0.1) is 5.82 Å². The van der Waals surface area contributed by atoms with E-state index in [2.05, 4.69) is 9.82 Å². The molecule has 0 saturated heterocycles. The smallest absolute Gasteiger partial charge is 0.250 e. The standard InChI is InChI=1S/C19H21FN4O3S/c1-3-9-23-13-16(6-8-19(23)25)24-12-15(11-21-24)14-5-7-18(17(20)10-14)22-28(26,27)4-2/h5-8,10-13,22H,3-4,9H2,1-2H3. The fraction of sp³-hybridized carbons (Fsp3) is 0.263. The number of halogens is 1. The van der Waals surface area contributed by atoms with Crippen molar-refractivity contribution in [3.63, 3.8) is 0 Å². The van der Waals surface area contributed by atoms with Gasteiger partial charge in [0.25, 0.3) is 5.56 Å². The minimum Gasteiger partial charge on any atom is -0.313 e. The number of nitrogens with one attached hydrogen (secondary N) is 1. The topological polar surface area (TPSA) is 86.0 Å². The predicted molar refractivity (Wildman–Crippen MR) is 107 cm³/mol. The van der Waals surface area contributed by atoms with Gasteiger partial charge in [0.1, 0.15) is 5.82 Å². The summed E-state index contributed by atoms with van der Waals surface area (Å²) >= 11 is 0. The van der Waals surface area contributed by atoms with E-state index in [0.717, 1.165) is 6.42 Å². The molecule has 2 heterocycles. The van der Waals surface area contributed by atoms with Gasteiger partial charge in [0.05, 0.1) is 23.3 Å². The highest BCUT2D eigenvalue weighted by atomic mass is 32.2. The molecule has 7 nitrogen and oxygen atoms in total. The molecule has 3 aromatic rings. The first kappa shape index (κ1) is 19.8. The quantitative estimate of drug-likeness (QED) is 0.656. The summed E-state index contributed by atoms with van der Waals surface area (Å²) in [6, 6.07) is 7.43. The molecule has 0 amide bonds. The molecule has 0 radical (unpaired) electrons. The molecule has 28 heavy (non-hydrogen) atoms. The Labute approximate surface area is 162 Å². The van der Waals surface area contributed by atoms with E-state index in [1.165, 1.54) is 25.1 Å².